The normalized spacial score (nSPS) is 13.8. The standard InChI is InChI=1S/C57H108NO7P/c1-6-8-10-12-14-16-18-20-22-24-26-27-28-29-30-31-33-35-37-39-41-43-45-47-49-52-62-54-56(55-64-66(60,61)63-53-51-58(3,4)5)65-57(59)50-48-46-44-42-40-38-36-34-32-25-23-21-19-17-15-13-11-9-7-2/h9,11,15,17,21,23,32,34,56H,6-8,10,12-14,16,18-20,22,24-31,33,35-55H2,1-5H3/p+1/b11-9-,17-15-,23-21-,34-32-. The van der Waals surface area contributed by atoms with Crippen LogP contribution in [0.4, 0.5) is 0 Å². The van der Waals surface area contributed by atoms with E-state index in [0.29, 0.717) is 24.1 Å². The number of unbranched alkanes of at least 4 members (excludes halogenated alkanes) is 30. The van der Waals surface area contributed by atoms with Gasteiger partial charge in [0.15, 0.2) is 0 Å². The quantitative estimate of drug-likeness (QED) is 0.0213. The monoisotopic (exact) mass is 951 g/mol. The maximum absolute atomic E-state index is 12.8. The lowest BCUT2D eigenvalue weighted by Gasteiger charge is -2.24. The van der Waals surface area contributed by atoms with Crippen LogP contribution in [0.1, 0.15) is 251 Å². The predicted octanol–water partition coefficient (Wildman–Crippen LogP) is 17.5. The van der Waals surface area contributed by atoms with Gasteiger partial charge in [0, 0.05) is 13.0 Å². The SMILES string of the molecule is CC/C=C\C/C=C\C/C=C\C/C=C\CCCCCCCCC(=O)OC(COCCCCCCCCCCCCCCCCCCCCCCCCCCC)COP(=O)(O)OCC[N+](C)(C)C. The number of hydrogen-bond donors (Lipinski definition) is 1. The fourth-order valence-electron chi connectivity index (χ4n) is 7.90. The zero-order valence-corrected chi connectivity index (χ0v) is 45.1. The number of esters is 1. The minimum absolute atomic E-state index is 0.0856. The Bertz CT molecular complexity index is 1200. The molecular weight excluding hydrogens is 842 g/mol. The Morgan fingerprint density at radius 2 is 0.879 bits per heavy atom. The van der Waals surface area contributed by atoms with Gasteiger partial charge in [-0.25, -0.2) is 4.57 Å². The van der Waals surface area contributed by atoms with Crippen LogP contribution in [0.25, 0.3) is 0 Å². The molecule has 8 nitrogen and oxygen atoms in total. The molecule has 0 saturated heterocycles. The summed E-state index contributed by atoms with van der Waals surface area (Å²) in [5, 5.41) is 0. The third-order valence-electron chi connectivity index (χ3n) is 12.2. The molecule has 0 aromatic rings. The smallest absolute Gasteiger partial charge is 0.457 e. The molecule has 0 fully saturated rings. The van der Waals surface area contributed by atoms with E-state index in [2.05, 4.69) is 62.5 Å². The first kappa shape index (κ1) is 64.5. The second kappa shape index (κ2) is 49.9. The van der Waals surface area contributed by atoms with Crippen molar-refractivity contribution in [2.45, 2.75) is 258 Å². The molecule has 0 bridgehead atoms. The Morgan fingerprint density at radius 1 is 0.485 bits per heavy atom. The average molecular weight is 951 g/mol. The van der Waals surface area contributed by atoms with Crippen molar-refractivity contribution < 1.29 is 37.3 Å². The highest BCUT2D eigenvalue weighted by atomic mass is 31.2. The summed E-state index contributed by atoms with van der Waals surface area (Å²) in [5.41, 5.74) is 0. The van der Waals surface area contributed by atoms with Gasteiger partial charge in [-0.2, -0.15) is 0 Å². The third kappa shape index (κ3) is 53.4. The molecule has 2 atom stereocenters. The highest BCUT2D eigenvalue weighted by Crippen LogP contribution is 2.43. The van der Waals surface area contributed by atoms with E-state index in [1.807, 2.05) is 21.1 Å². The summed E-state index contributed by atoms with van der Waals surface area (Å²) in [7, 11) is 1.66. The fourth-order valence-corrected chi connectivity index (χ4v) is 8.64. The number of carbonyl (C=O) groups is 1. The molecular formula is C57H109NO7P+. The van der Waals surface area contributed by atoms with E-state index < -0.39 is 13.9 Å². The van der Waals surface area contributed by atoms with Crippen LogP contribution in [-0.2, 0) is 27.9 Å². The predicted molar refractivity (Wildman–Crippen MR) is 284 cm³/mol. The second-order valence-corrected chi connectivity index (χ2v) is 21.4. The Labute approximate surface area is 409 Å². The Kier molecular flexibility index (Phi) is 48.7. The van der Waals surface area contributed by atoms with Crippen LogP contribution in [0.5, 0.6) is 0 Å². The van der Waals surface area contributed by atoms with Gasteiger partial charge in [-0.05, 0) is 51.4 Å². The number of rotatable bonds is 52. The number of nitrogens with zero attached hydrogens (tertiary/aromatic N) is 1. The van der Waals surface area contributed by atoms with Crippen LogP contribution >= 0.6 is 7.82 Å². The van der Waals surface area contributed by atoms with Crippen molar-refractivity contribution in [1.29, 1.82) is 0 Å². The maximum atomic E-state index is 12.8. The topological polar surface area (TPSA) is 91.3 Å². The number of quaternary nitrogens is 1. The van der Waals surface area contributed by atoms with E-state index in [-0.39, 0.29) is 25.8 Å². The molecule has 0 aliphatic carbocycles. The van der Waals surface area contributed by atoms with Crippen LogP contribution in [-0.4, -0.2) is 75.6 Å². The molecule has 0 saturated carbocycles. The van der Waals surface area contributed by atoms with Crippen molar-refractivity contribution in [2.75, 3.05) is 54.1 Å². The molecule has 0 spiro atoms. The number of phosphoric acid groups is 1. The lowest BCUT2D eigenvalue weighted by molar-refractivity contribution is -0.870. The summed E-state index contributed by atoms with van der Waals surface area (Å²) in [6, 6.07) is 0. The second-order valence-electron chi connectivity index (χ2n) is 19.9. The summed E-state index contributed by atoms with van der Waals surface area (Å²) in [4.78, 5) is 23.0. The summed E-state index contributed by atoms with van der Waals surface area (Å²) in [6.07, 6.45) is 63.2. The number of carbonyl (C=O) groups excluding carboxylic acids is 1. The van der Waals surface area contributed by atoms with E-state index in [0.717, 1.165) is 70.6 Å². The van der Waals surface area contributed by atoms with Crippen molar-refractivity contribution in [3.63, 3.8) is 0 Å². The zero-order chi connectivity index (χ0) is 48.3. The van der Waals surface area contributed by atoms with Gasteiger partial charge in [-0.1, -0.05) is 242 Å². The average Bonchev–Trinajstić information content (AvgIpc) is 3.28. The van der Waals surface area contributed by atoms with Crippen molar-refractivity contribution in [1.82, 2.24) is 0 Å². The summed E-state index contributed by atoms with van der Waals surface area (Å²) in [5.74, 6) is -0.324. The summed E-state index contributed by atoms with van der Waals surface area (Å²) in [6.45, 7) is 5.54. The van der Waals surface area contributed by atoms with Crippen molar-refractivity contribution in [3.8, 4) is 0 Å². The summed E-state index contributed by atoms with van der Waals surface area (Å²) >= 11 is 0. The van der Waals surface area contributed by atoms with Gasteiger partial charge in [0.2, 0.25) is 0 Å². The molecule has 0 aromatic carbocycles. The first-order chi connectivity index (χ1) is 32.1. The van der Waals surface area contributed by atoms with Gasteiger partial charge >= 0.3 is 13.8 Å². The van der Waals surface area contributed by atoms with E-state index in [9.17, 15) is 14.3 Å². The number of allylic oxidation sites excluding steroid dienone is 8. The van der Waals surface area contributed by atoms with Crippen LogP contribution < -0.4 is 0 Å². The number of likely N-dealkylation sites (N-methyl/N-ethyl adjacent to an activating group) is 1. The molecule has 66 heavy (non-hydrogen) atoms. The van der Waals surface area contributed by atoms with Gasteiger partial charge in [-0.3, -0.25) is 13.8 Å². The van der Waals surface area contributed by atoms with Crippen molar-refractivity contribution in [2.24, 2.45) is 0 Å². The molecule has 0 rings (SSSR count). The number of ether oxygens (including phenoxy) is 2. The number of phosphoric ester groups is 1. The third-order valence-corrected chi connectivity index (χ3v) is 13.1. The molecule has 388 valence electrons. The molecule has 0 aliphatic heterocycles. The maximum Gasteiger partial charge on any atom is 0.472 e. The first-order valence-electron chi connectivity index (χ1n) is 27.9. The van der Waals surface area contributed by atoms with Gasteiger partial charge in [-0.15, -0.1) is 0 Å². The minimum Gasteiger partial charge on any atom is -0.457 e. The lowest BCUT2D eigenvalue weighted by atomic mass is 10.0. The Hall–Kier alpha value is -1.54. The highest BCUT2D eigenvalue weighted by molar-refractivity contribution is 7.47. The number of hydrogen-bond acceptors (Lipinski definition) is 6. The van der Waals surface area contributed by atoms with E-state index in [4.69, 9.17) is 18.5 Å². The van der Waals surface area contributed by atoms with Gasteiger partial charge in [0.25, 0.3) is 0 Å². The van der Waals surface area contributed by atoms with Gasteiger partial charge in [0.05, 0.1) is 34.4 Å². The molecule has 0 aliphatic rings. The van der Waals surface area contributed by atoms with E-state index >= 15 is 0 Å². The van der Waals surface area contributed by atoms with Gasteiger partial charge < -0.3 is 18.9 Å². The van der Waals surface area contributed by atoms with Crippen LogP contribution in [0.3, 0.4) is 0 Å². The molecule has 0 amide bonds. The molecule has 1 N–H and O–H groups in total. The van der Waals surface area contributed by atoms with Gasteiger partial charge in [0.1, 0.15) is 19.3 Å². The van der Waals surface area contributed by atoms with Crippen LogP contribution in [0.2, 0.25) is 0 Å². The molecule has 0 aromatic heterocycles. The molecule has 0 radical (unpaired) electrons. The van der Waals surface area contributed by atoms with Crippen molar-refractivity contribution in [3.05, 3.63) is 48.6 Å². The molecule has 2 unspecified atom stereocenters. The minimum atomic E-state index is -4.29. The molecule has 0 heterocycles. The van der Waals surface area contributed by atoms with E-state index in [1.54, 1.807) is 0 Å². The van der Waals surface area contributed by atoms with Crippen LogP contribution in [0, 0.1) is 0 Å². The lowest BCUT2D eigenvalue weighted by Crippen LogP contribution is -2.37. The first-order valence-corrected chi connectivity index (χ1v) is 29.4. The Balaban J connectivity index is 4.07. The zero-order valence-electron chi connectivity index (χ0n) is 44.2. The Morgan fingerprint density at radius 3 is 1.32 bits per heavy atom. The molecule has 9 heteroatoms. The summed E-state index contributed by atoms with van der Waals surface area (Å²) < 4.78 is 35.2. The largest absolute Gasteiger partial charge is 0.472 e. The van der Waals surface area contributed by atoms with Crippen LogP contribution in [0.15, 0.2) is 48.6 Å². The van der Waals surface area contributed by atoms with E-state index in [1.165, 1.54) is 161 Å². The van der Waals surface area contributed by atoms with Crippen molar-refractivity contribution >= 4 is 13.8 Å². The highest BCUT2D eigenvalue weighted by Gasteiger charge is 2.26. The fraction of sp³-hybridized carbons (Fsp3) is 0.842.